The van der Waals surface area contributed by atoms with E-state index in [1.54, 1.807) is 0 Å². The third-order valence-corrected chi connectivity index (χ3v) is 1.40. The van der Waals surface area contributed by atoms with Crippen molar-refractivity contribution >= 4 is 13.2 Å². The Morgan fingerprint density at radius 2 is 2.27 bits per heavy atom. The van der Waals surface area contributed by atoms with Crippen LogP contribution in [0.15, 0.2) is 12.7 Å². The van der Waals surface area contributed by atoms with E-state index in [4.69, 9.17) is 4.74 Å². The predicted molar refractivity (Wildman–Crippen MR) is 48.2 cm³/mol. The third-order valence-electron chi connectivity index (χ3n) is 1.40. The average molecular weight is 154 g/mol. The van der Waals surface area contributed by atoms with Crippen LogP contribution in [0.1, 0.15) is 13.8 Å². The lowest BCUT2D eigenvalue weighted by Crippen LogP contribution is -2.27. The van der Waals surface area contributed by atoms with Gasteiger partial charge >= 0.3 is 5.97 Å². The summed E-state index contributed by atoms with van der Waals surface area (Å²) < 4.78 is 5.07. The highest BCUT2D eigenvalue weighted by atomic mass is 16.6. The Bertz CT molecular complexity index is 152. The van der Waals surface area contributed by atoms with Crippen molar-refractivity contribution in [2.45, 2.75) is 32.6 Å². The predicted octanol–water partition coefficient (Wildman–Crippen LogP) is 1.40. The Kier molecular flexibility index (Phi) is 3.94. The number of ether oxygens (including phenoxy) is 1. The van der Waals surface area contributed by atoms with Crippen LogP contribution in [0, 0.1) is 0 Å². The van der Waals surface area contributed by atoms with Gasteiger partial charge in [-0.2, -0.15) is 0 Å². The minimum atomic E-state index is -0.347. The SMILES string of the molecule is C=CC(=O)OC(C)(C)CBC. The molecule has 0 spiro atoms. The zero-order chi connectivity index (χ0) is 8.91. The normalized spacial score (nSPS) is 10.5. The zero-order valence-electron chi connectivity index (χ0n) is 7.52. The number of rotatable bonds is 4. The summed E-state index contributed by atoms with van der Waals surface area (Å²) in [5.74, 6) is -0.344. The average Bonchev–Trinajstić information content (AvgIpc) is 1.86. The molecule has 3 heteroatoms. The van der Waals surface area contributed by atoms with Gasteiger partial charge in [-0.3, -0.25) is 0 Å². The van der Waals surface area contributed by atoms with Crippen LogP contribution < -0.4 is 0 Å². The minimum absolute atomic E-state index is 0.344. The maximum atomic E-state index is 10.8. The molecule has 0 bridgehead atoms. The van der Waals surface area contributed by atoms with Crippen molar-refractivity contribution in [1.82, 2.24) is 0 Å². The monoisotopic (exact) mass is 154 g/mol. The molecule has 0 atom stereocenters. The fourth-order valence-corrected chi connectivity index (χ4v) is 0.967. The van der Waals surface area contributed by atoms with Crippen LogP contribution >= 0.6 is 0 Å². The van der Waals surface area contributed by atoms with Gasteiger partial charge < -0.3 is 4.74 Å². The summed E-state index contributed by atoms with van der Waals surface area (Å²) in [7, 11) is 1.01. The van der Waals surface area contributed by atoms with E-state index in [0.717, 1.165) is 13.6 Å². The van der Waals surface area contributed by atoms with Gasteiger partial charge in [0.25, 0.3) is 0 Å². The maximum absolute atomic E-state index is 10.8. The molecule has 0 amide bonds. The van der Waals surface area contributed by atoms with E-state index < -0.39 is 0 Å². The zero-order valence-corrected chi connectivity index (χ0v) is 7.52. The van der Waals surface area contributed by atoms with Crippen LogP contribution in [0.2, 0.25) is 13.1 Å². The van der Waals surface area contributed by atoms with E-state index in [9.17, 15) is 4.79 Å². The first kappa shape index (κ1) is 10.3. The molecule has 0 aromatic heterocycles. The molecule has 0 fully saturated rings. The van der Waals surface area contributed by atoms with Gasteiger partial charge in [0.15, 0.2) is 0 Å². The van der Waals surface area contributed by atoms with Crippen LogP contribution in [0.5, 0.6) is 0 Å². The molecule has 0 radical (unpaired) electrons. The summed E-state index contributed by atoms with van der Waals surface area (Å²) in [5.41, 5.74) is -0.347. The highest BCUT2D eigenvalue weighted by Crippen LogP contribution is 2.14. The van der Waals surface area contributed by atoms with Gasteiger partial charge in [0.05, 0.1) is 0 Å². The number of hydrogen-bond acceptors (Lipinski definition) is 2. The molecule has 0 aliphatic heterocycles. The molecule has 11 heavy (non-hydrogen) atoms. The molecule has 0 rings (SSSR count). The van der Waals surface area contributed by atoms with E-state index >= 15 is 0 Å². The van der Waals surface area contributed by atoms with Crippen molar-refractivity contribution in [1.29, 1.82) is 0 Å². The molecule has 0 aliphatic carbocycles. The lowest BCUT2D eigenvalue weighted by molar-refractivity contribution is -0.148. The quantitative estimate of drug-likeness (QED) is 0.347. The van der Waals surface area contributed by atoms with Crippen molar-refractivity contribution in [3.05, 3.63) is 12.7 Å². The molecule has 0 unspecified atom stereocenters. The standard InChI is InChI=1S/C8H15BO2/c1-5-7(10)11-8(2,3)6-9-4/h5,9H,1,6H2,2-4H3. The van der Waals surface area contributed by atoms with E-state index in [1.165, 1.54) is 6.08 Å². The lowest BCUT2D eigenvalue weighted by Gasteiger charge is -2.23. The topological polar surface area (TPSA) is 26.3 Å². The van der Waals surface area contributed by atoms with E-state index in [2.05, 4.69) is 13.4 Å². The number of carbonyl (C=O) groups is 1. The highest BCUT2D eigenvalue weighted by Gasteiger charge is 2.19. The summed E-state index contributed by atoms with van der Waals surface area (Å²) >= 11 is 0. The molecule has 2 nitrogen and oxygen atoms in total. The molecule has 0 saturated heterocycles. The van der Waals surface area contributed by atoms with E-state index in [-0.39, 0.29) is 11.6 Å². The highest BCUT2D eigenvalue weighted by molar-refractivity contribution is 6.33. The van der Waals surface area contributed by atoms with Crippen molar-refractivity contribution in [3.8, 4) is 0 Å². The molecule has 0 saturated carbocycles. The fourth-order valence-electron chi connectivity index (χ4n) is 0.967. The molecular formula is C8H15BO2. The van der Waals surface area contributed by atoms with Gasteiger partial charge in [0.2, 0.25) is 0 Å². The first-order valence-corrected chi connectivity index (χ1v) is 3.87. The molecule has 62 valence electrons. The summed E-state index contributed by atoms with van der Waals surface area (Å²) in [6.07, 6.45) is 2.07. The number of hydrogen-bond donors (Lipinski definition) is 0. The molecule has 0 aromatic carbocycles. The number of carbonyl (C=O) groups excluding carboxylic acids is 1. The largest absolute Gasteiger partial charge is 0.457 e. The van der Waals surface area contributed by atoms with Crippen molar-refractivity contribution < 1.29 is 9.53 Å². The van der Waals surface area contributed by atoms with Crippen LogP contribution in [-0.4, -0.2) is 18.8 Å². The second kappa shape index (κ2) is 4.22. The summed E-state index contributed by atoms with van der Waals surface area (Å²) in [5, 5.41) is 0. The second-order valence-corrected chi connectivity index (χ2v) is 3.13. The molecule has 0 N–H and O–H groups in total. The summed E-state index contributed by atoms with van der Waals surface area (Å²) in [4.78, 5) is 10.8. The lowest BCUT2D eigenvalue weighted by atomic mass is 9.71. The van der Waals surface area contributed by atoms with Crippen LogP contribution in [-0.2, 0) is 9.53 Å². The first-order chi connectivity index (χ1) is 5.02. The Morgan fingerprint density at radius 1 is 1.73 bits per heavy atom. The smallest absolute Gasteiger partial charge is 0.330 e. The van der Waals surface area contributed by atoms with Crippen molar-refractivity contribution in [2.24, 2.45) is 0 Å². The van der Waals surface area contributed by atoms with Crippen LogP contribution in [0.3, 0.4) is 0 Å². The molecule has 0 aliphatic rings. The molecule has 0 heterocycles. The third kappa shape index (κ3) is 4.65. The van der Waals surface area contributed by atoms with Gasteiger partial charge in [0.1, 0.15) is 12.9 Å². The van der Waals surface area contributed by atoms with E-state index in [1.807, 2.05) is 13.8 Å². The van der Waals surface area contributed by atoms with E-state index in [0.29, 0.717) is 0 Å². The van der Waals surface area contributed by atoms with Gasteiger partial charge in [-0.05, 0) is 20.2 Å². The van der Waals surface area contributed by atoms with Gasteiger partial charge in [-0.1, -0.05) is 13.4 Å². The van der Waals surface area contributed by atoms with Crippen molar-refractivity contribution in [3.63, 3.8) is 0 Å². The van der Waals surface area contributed by atoms with Gasteiger partial charge in [0, 0.05) is 6.08 Å². The molecular weight excluding hydrogens is 139 g/mol. The number of esters is 1. The molecule has 0 aromatic rings. The van der Waals surface area contributed by atoms with Crippen LogP contribution in [0.4, 0.5) is 0 Å². The summed E-state index contributed by atoms with van der Waals surface area (Å²) in [6, 6.07) is 0. The van der Waals surface area contributed by atoms with Crippen molar-refractivity contribution in [2.75, 3.05) is 0 Å². The fraction of sp³-hybridized carbons (Fsp3) is 0.625. The maximum Gasteiger partial charge on any atom is 0.330 e. The van der Waals surface area contributed by atoms with Gasteiger partial charge in [-0.15, -0.1) is 0 Å². The van der Waals surface area contributed by atoms with Gasteiger partial charge in [-0.25, -0.2) is 4.79 Å². The minimum Gasteiger partial charge on any atom is -0.457 e. The first-order valence-electron chi connectivity index (χ1n) is 3.87. The Morgan fingerprint density at radius 3 is 2.64 bits per heavy atom. The Labute approximate surface area is 68.9 Å². The summed E-state index contributed by atoms with van der Waals surface area (Å²) in [6.45, 7) is 9.19. The van der Waals surface area contributed by atoms with Crippen LogP contribution in [0.25, 0.3) is 0 Å². The Balaban J connectivity index is 3.89. The second-order valence-electron chi connectivity index (χ2n) is 3.13. The Hall–Kier alpha value is -0.725.